The highest BCUT2D eigenvalue weighted by Crippen LogP contribution is 2.30. The van der Waals surface area contributed by atoms with E-state index in [4.69, 9.17) is 0 Å². The first-order valence-electron chi connectivity index (χ1n) is 4.63. The highest BCUT2D eigenvalue weighted by molar-refractivity contribution is 7.40. The van der Waals surface area contributed by atoms with Crippen LogP contribution in [-0.2, 0) is 0 Å². The molecule has 0 aliphatic carbocycles. The molecule has 0 heterocycles. The summed E-state index contributed by atoms with van der Waals surface area (Å²) in [7, 11) is 1.04. The zero-order valence-electron chi connectivity index (χ0n) is 9.36. The third-order valence-corrected chi connectivity index (χ3v) is 2.87. The third-order valence-electron chi connectivity index (χ3n) is 1.37. The SMILES string of the molecule is CC(C)(C)/C=C\CPC(C)(C)C. The van der Waals surface area contributed by atoms with Crippen molar-refractivity contribution in [2.45, 2.75) is 46.7 Å². The first kappa shape index (κ1) is 12.2. The van der Waals surface area contributed by atoms with E-state index in [1.807, 2.05) is 0 Å². The fourth-order valence-corrected chi connectivity index (χ4v) is 1.63. The van der Waals surface area contributed by atoms with Gasteiger partial charge in [0.2, 0.25) is 0 Å². The van der Waals surface area contributed by atoms with Gasteiger partial charge in [0.15, 0.2) is 0 Å². The fourth-order valence-electron chi connectivity index (χ4n) is 0.778. The van der Waals surface area contributed by atoms with Crippen molar-refractivity contribution < 1.29 is 0 Å². The van der Waals surface area contributed by atoms with Crippen LogP contribution in [0.5, 0.6) is 0 Å². The van der Waals surface area contributed by atoms with Gasteiger partial charge in [-0.15, -0.1) is 8.58 Å². The molecule has 0 bridgehead atoms. The summed E-state index contributed by atoms with van der Waals surface area (Å²) in [6, 6.07) is 0. The van der Waals surface area contributed by atoms with Gasteiger partial charge in [0, 0.05) is 0 Å². The smallest absolute Gasteiger partial charge is 0.0167 e. The molecule has 1 heteroatoms. The Morgan fingerprint density at radius 1 is 1.00 bits per heavy atom. The predicted molar refractivity (Wildman–Crippen MR) is 61.5 cm³/mol. The molecule has 0 aromatic carbocycles. The Morgan fingerprint density at radius 2 is 1.50 bits per heavy atom. The maximum absolute atomic E-state index is 2.32. The number of hydrogen-bond donors (Lipinski definition) is 0. The van der Waals surface area contributed by atoms with E-state index < -0.39 is 0 Å². The molecule has 0 spiro atoms. The molecule has 0 aliphatic heterocycles. The van der Waals surface area contributed by atoms with Crippen molar-refractivity contribution in [1.82, 2.24) is 0 Å². The zero-order valence-corrected chi connectivity index (χ0v) is 10.4. The van der Waals surface area contributed by atoms with Crippen molar-refractivity contribution in [3.63, 3.8) is 0 Å². The van der Waals surface area contributed by atoms with Crippen LogP contribution in [0, 0.1) is 5.41 Å². The second-order valence-electron chi connectivity index (χ2n) is 5.40. The van der Waals surface area contributed by atoms with Crippen LogP contribution >= 0.6 is 8.58 Å². The highest BCUT2D eigenvalue weighted by atomic mass is 31.1. The summed E-state index contributed by atoms with van der Waals surface area (Å²) in [5.41, 5.74) is 0.350. The molecular weight excluding hydrogens is 163 g/mol. The summed E-state index contributed by atoms with van der Waals surface area (Å²) in [5, 5.41) is 0.502. The Kier molecular flexibility index (Phi) is 4.48. The topological polar surface area (TPSA) is 0 Å². The van der Waals surface area contributed by atoms with Gasteiger partial charge in [0.1, 0.15) is 0 Å². The van der Waals surface area contributed by atoms with E-state index >= 15 is 0 Å². The van der Waals surface area contributed by atoms with Gasteiger partial charge in [-0.1, -0.05) is 53.7 Å². The molecule has 0 fully saturated rings. The minimum Gasteiger partial charge on any atom is -0.113 e. The lowest BCUT2D eigenvalue weighted by Crippen LogP contribution is -2.05. The average molecular weight is 186 g/mol. The first-order chi connectivity index (χ1) is 5.21. The van der Waals surface area contributed by atoms with Gasteiger partial charge in [0.05, 0.1) is 0 Å². The fraction of sp³-hybridized carbons (Fsp3) is 0.818. The van der Waals surface area contributed by atoms with Crippen LogP contribution in [0.4, 0.5) is 0 Å². The summed E-state index contributed by atoms with van der Waals surface area (Å²) in [5.74, 6) is 0. The van der Waals surface area contributed by atoms with E-state index in [9.17, 15) is 0 Å². The lowest BCUT2D eigenvalue weighted by molar-refractivity contribution is 0.543. The molecule has 0 saturated heterocycles. The van der Waals surface area contributed by atoms with E-state index in [2.05, 4.69) is 53.7 Å². The standard InChI is InChI=1S/C11H23P/c1-10(2,3)8-7-9-12-11(4,5)6/h7-8,12H,9H2,1-6H3/b8-7-. The zero-order chi connectivity index (χ0) is 9.83. The van der Waals surface area contributed by atoms with Gasteiger partial charge in [-0.3, -0.25) is 0 Å². The second-order valence-corrected chi connectivity index (χ2v) is 7.66. The second kappa shape index (κ2) is 4.42. The Labute approximate surface area is 79.6 Å². The normalized spacial score (nSPS) is 15.2. The van der Waals surface area contributed by atoms with Crippen LogP contribution in [0.25, 0.3) is 0 Å². The molecule has 0 aromatic heterocycles. The first-order valence-corrected chi connectivity index (χ1v) is 5.84. The van der Waals surface area contributed by atoms with Crippen LogP contribution in [0.3, 0.4) is 0 Å². The van der Waals surface area contributed by atoms with Crippen LogP contribution in [0.1, 0.15) is 41.5 Å². The Hall–Kier alpha value is 0.170. The molecule has 12 heavy (non-hydrogen) atoms. The number of allylic oxidation sites excluding steroid dienone is 2. The largest absolute Gasteiger partial charge is 0.113 e. The molecule has 0 saturated carbocycles. The van der Waals surface area contributed by atoms with E-state index in [1.54, 1.807) is 0 Å². The summed E-state index contributed by atoms with van der Waals surface area (Å²) in [4.78, 5) is 0. The monoisotopic (exact) mass is 186 g/mol. The summed E-state index contributed by atoms with van der Waals surface area (Å²) in [6.45, 7) is 13.6. The molecule has 72 valence electrons. The predicted octanol–water partition coefficient (Wildman–Crippen LogP) is 4.07. The van der Waals surface area contributed by atoms with E-state index in [0.29, 0.717) is 10.6 Å². The van der Waals surface area contributed by atoms with Crippen LogP contribution < -0.4 is 0 Å². The number of rotatable bonds is 2. The molecule has 0 radical (unpaired) electrons. The van der Waals surface area contributed by atoms with Crippen molar-refractivity contribution in [2.75, 3.05) is 6.16 Å². The molecule has 0 N–H and O–H groups in total. The quantitative estimate of drug-likeness (QED) is 0.450. The molecule has 0 aromatic rings. The summed E-state index contributed by atoms with van der Waals surface area (Å²) < 4.78 is 0. The van der Waals surface area contributed by atoms with E-state index in [0.717, 1.165) is 8.58 Å². The Balaban J connectivity index is 3.64. The lowest BCUT2D eigenvalue weighted by atomic mass is 9.97. The Morgan fingerprint density at radius 3 is 1.83 bits per heavy atom. The molecule has 0 nitrogen and oxygen atoms in total. The lowest BCUT2D eigenvalue weighted by Gasteiger charge is -2.17. The molecular formula is C11H23P. The number of hydrogen-bond acceptors (Lipinski definition) is 0. The van der Waals surface area contributed by atoms with Crippen molar-refractivity contribution in [3.05, 3.63) is 12.2 Å². The average Bonchev–Trinajstić information content (AvgIpc) is 1.76. The van der Waals surface area contributed by atoms with Crippen molar-refractivity contribution in [2.24, 2.45) is 5.41 Å². The van der Waals surface area contributed by atoms with Gasteiger partial charge >= 0.3 is 0 Å². The molecule has 1 unspecified atom stereocenters. The molecule has 1 atom stereocenters. The minimum atomic E-state index is 0.350. The van der Waals surface area contributed by atoms with E-state index in [-0.39, 0.29) is 0 Å². The minimum absolute atomic E-state index is 0.350. The van der Waals surface area contributed by atoms with Crippen LogP contribution in [-0.4, -0.2) is 11.3 Å². The summed E-state index contributed by atoms with van der Waals surface area (Å²) >= 11 is 0. The van der Waals surface area contributed by atoms with Crippen LogP contribution in [0.15, 0.2) is 12.2 Å². The van der Waals surface area contributed by atoms with Gasteiger partial charge in [-0.2, -0.15) is 0 Å². The maximum atomic E-state index is 2.32. The van der Waals surface area contributed by atoms with Crippen molar-refractivity contribution >= 4 is 8.58 Å². The third kappa shape index (κ3) is 10.2. The van der Waals surface area contributed by atoms with Crippen molar-refractivity contribution in [1.29, 1.82) is 0 Å². The summed E-state index contributed by atoms with van der Waals surface area (Å²) in [6.07, 6.45) is 5.87. The van der Waals surface area contributed by atoms with E-state index in [1.165, 1.54) is 6.16 Å². The van der Waals surface area contributed by atoms with Gasteiger partial charge < -0.3 is 0 Å². The van der Waals surface area contributed by atoms with Crippen LogP contribution in [0.2, 0.25) is 0 Å². The highest BCUT2D eigenvalue weighted by Gasteiger charge is 2.08. The molecule has 0 rings (SSSR count). The molecule has 0 aliphatic rings. The molecule has 0 amide bonds. The maximum Gasteiger partial charge on any atom is -0.0167 e. The Bertz CT molecular complexity index is 143. The van der Waals surface area contributed by atoms with Gasteiger partial charge in [-0.05, 0) is 16.7 Å². The van der Waals surface area contributed by atoms with Gasteiger partial charge in [-0.25, -0.2) is 0 Å². The van der Waals surface area contributed by atoms with Gasteiger partial charge in [0.25, 0.3) is 0 Å². The van der Waals surface area contributed by atoms with Crippen molar-refractivity contribution in [3.8, 4) is 0 Å².